The van der Waals surface area contributed by atoms with Crippen molar-refractivity contribution in [2.45, 2.75) is 6.42 Å². The standard InChI is InChI=1S/C17H13BrF2N2O2/c18-11-1-4-13(5-2-11)21-17(24)10-7-16(23)22(9-10)15-6-3-12(19)8-14(15)20/h1-6,8,10H,7,9H2,(H,21,24). The zero-order valence-corrected chi connectivity index (χ0v) is 14.0. The van der Waals surface area contributed by atoms with Gasteiger partial charge in [0, 0.05) is 29.2 Å². The Hall–Kier alpha value is -2.28. The molecular weight excluding hydrogens is 382 g/mol. The summed E-state index contributed by atoms with van der Waals surface area (Å²) >= 11 is 3.31. The Morgan fingerprint density at radius 1 is 1.17 bits per heavy atom. The molecular formula is C17H13BrF2N2O2. The minimum Gasteiger partial charge on any atom is -0.326 e. The first-order valence-electron chi connectivity index (χ1n) is 7.26. The predicted octanol–water partition coefficient (Wildman–Crippen LogP) is 3.72. The second kappa shape index (κ2) is 6.68. The number of anilines is 2. The van der Waals surface area contributed by atoms with Crippen LogP contribution in [0.15, 0.2) is 46.9 Å². The summed E-state index contributed by atoms with van der Waals surface area (Å²) in [4.78, 5) is 25.6. The summed E-state index contributed by atoms with van der Waals surface area (Å²) in [6.45, 7) is 0.0593. The summed E-state index contributed by atoms with van der Waals surface area (Å²) in [6, 6.07) is 10.0. The summed E-state index contributed by atoms with van der Waals surface area (Å²) in [5, 5.41) is 2.73. The summed E-state index contributed by atoms with van der Waals surface area (Å²) in [7, 11) is 0. The van der Waals surface area contributed by atoms with E-state index in [4.69, 9.17) is 0 Å². The van der Waals surface area contributed by atoms with Crippen molar-refractivity contribution in [3.8, 4) is 0 Å². The van der Waals surface area contributed by atoms with Crippen LogP contribution in [0.2, 0.25) is 0 Å². The number of rotatable bonds is 3. The Morgan fingerprint density at radius 2 is 1.88 bits per heavy atom. The van der Waals surface area contributed by atoms with Gasteiger partial charge in [0.2, 0.25) is 11.8 Å². The minimum absolute atomic E-state index is 0.0136. The van der Waals surface area contributed by atoms with E-state index in [1.165, 1.54) is 11.0 Å². The summed E-state index contributed by atoms with van der Waals surface area (Å²) in [6.07, 6.45) is -0.0147. The fourth-order valence-electron chi connectivity index (χ4n) is 2.59. The lowest BCUT2D eigenvalue weighted by molar-refractivity contribution is -0.122. The maximum absolute atomic E-state index is 13.8. The minimum atomic E-state index is -0.822. The van der Waals surface area contributed by atoms with Gasteiger partial charge in [0.05, 0.1) is 11.6 Å². The number of hydrogen-bond acceptors (Lipinski definition) is 2. The van der Waals surface area contributed by atoms with Crippen molar-refractivity contribution in [3.05, 3.63) is 58.6 Å². The Labute approximate surface area is 145 Å². The average molecular weight is 395 g/mol. The third kappa shape index (κ3) is 3.46. The summed E-state index contributed by atoms with van der Waals surface area (Å²) in [5.41, 5.74) is 0.599. The van der Waals surface area contributed by atoms with Gasteiger partial charge in [-0.15, -0.1) is 0 Å². The molecule has 1 N–H and O–H groups in total. The van der Waals surface area contributed by atoms with E-state index < -0.39 is 17.6 Å². The van der Waals surface area contributed by atoms with Crippen LogP contribution in [0.5, 0.6) is 0 Å². The molecule has 2 aromatic carbocycles. The number of benzene rings is 2. The van der Waals surface area contributed by atoms with Crippen molar-refractivity contribution in [3.63, 3.8) is 0 Å². The zero-order valence-electron chi connectivity index (χ0n) is 12.4. The lowest BCUT2D eigenvalue weighted by Gasteiger charge is -2.17. The van der Waals surface area contributed by atoms with Crippen molar-refractivity contribution in [2.24, 2.45) is 5.92 Å². The maximum Gasteiger partial charge on any atom is 0.229 e. The molecule has 1 aliphatic rings. The maximum atomic E-state index is 13.8. The van der Waals surface area contributed by atoms with Gasteiger partial charge in [-0.3, -0.25) is 9.59 Å². The second-order valence-corrected chi connectivity index (χ2v) is 6.41. The van der Waals surface area contributed by atoms with E-state index in [9.17, 15) is 18.4 Å². The topological polar surface area (TPSA) is 49.4 Å². The van der Waals surface area contributed by atoms with Gasteiger partial charge in [0.15, 0.2) is 0 Å². The molecule has 1 atom stereocenters. The van der Waals surface area contributed by atoms with Crippen LogP contribution in [0.4, 0.5) is 20.2 Å². The Morgan fingerprint density at radius 3 is 2.54 bits per heavy atom. The molecule has 4 nitrogen and oxygen atoms in total. The van der Waals surface area contributed by atoms with E-state index in [-0.39, 0.29) is 30.5 Å². The summed E-state index contributed by atoms with van der Waals surface area (Å²) < 4.78 is 27.7. The SMILES string of the molecule is O=C(Nc1ccc(Br)cc1)C1CC(=O)N(c2ccc(F)cc2F)C1. The first kappa shape index (κ1) is 16.6. The Kier molecular flexibility index (Phi) is 4.62. The summed E-state index contributed by atoms with van der Waals surface area (Å²) in [5.74, 6) is -2.80. The molecule has 0 radical (unpaired) electrons. The molecule has 1 saturated heterocycles. The molecule has 0 aromatic heterocycles. The number of halogens is 3. The zero-order chi connectivity index (χ0) is 17.3. The van der Waals surface area contributed by atoms with Gasteiger partial charge in [-0.05, 0) is 36.4 Å². The van der Waals surface area contributed by atoms with Gasteiger partial charge < -0.3 is 10.2 Å². The third-order valence-electron chi connectivity index (χ3n) is 3.81. The van der Waals surface area contributed by atoms with Gasteiger partial charge >= 0.3 is 0 Å². The normalized spacial score (nSPS) is 17.2. The number of nitrogens with one attached hydrogen (secondary N) is 1. The molecule has 2 aromatic rings. The molecule has 1 unspecified atom stereocenters. The van der Waals surface area contributed by atoms with Gasteiger partial charge in [-0.1, -0.05) is 15.9 Å². The van der Waals surface area contributed by atoms with Crippen molar-refractivity contribution in [1.82, 2.24) is 0 Å². The molecule has 0 aliphatic carbocycles. The highest BCUT2D eigenvalue weighted by Gasteiger charge is 2.36. The van der Waals surface area contributed by atoms with E-state index in [2.05, 4.69) is 21.2 Å². The van der Waals surface area contributed by atoms with Gasteiger partial charge in [-0.2, -0.15) is 0 Å². The molecule has 3 rings (SSSR count). The molecule has 0 bridgehead atoms. The predicted molar refractivity (Wildman–Crippen MR) is 89.6 cm³/mol. The first-order valence-corrected chi connectivity index (χ1v) is 8.05. The highest BCUT2D eigenvalue weighted by molar-refractivity contribution is 9.10. The lowest BCUT2D eigenvalue weighted by atomic mass is 10.1. The number of hydrogen-bond donors (Lipinski definition) is 1. The largest absolute Gasteiger partial charge is 0.326 e. The van der Waals surface area contributed by atoms with Crippen molar-refractivity contribution >= 4 is 39.1 Å². The number of carbonyl (C=O) groups is 2. The van der Waals surface area contributed by atoms with Crippen LogP contribution in [0, 0.1) is 17.6 Å². The molecule has 124 valence electrons. The van der Waals surface area contributed by atoms with Crippen LogP contribution in [0.25, 0.3) is 0 Å². The van der Waals surface area contributed by atoms with Crippen LogP contribution in [0.3, 0.4) is 0 Å². The van der Waals surface area contributed by atoms with E-state index >= 15 is 0 Å². The fraction of sp³-hybridized carbons (Fsp3) is 0.176. The van der Waals surface area contributed by atoms with Crippen LogP contribution in [-0.4, -0.2) is 18.4 Å². The van der Waals surface area contributed by atoms with Crippen LogP contribution >= 0.6 is 15.9 Å². The molecule has 24 heavy (non-hydrogen) atoms. The van der Waals surface area contributed by atoms with Crippen molar-refractivity contribution in [1.29, 1.82) is 0 Å². The Balaban J connectivity index is 1.72. The fourth-order valence-corrected chi connectivity index (χ4v) is 2.86. The number of carbonyl (C=O) groups excluding carboxylic acids is 2. The van der Waals surface area contributed by atoms with E-state index in [0.717, 1.165) is 16.6 Å². The monoisotopic (exact) mass is 394 g/mol. The smallest absolute Gasteiger partial charge is 0.229 e. The molecule has 1 fully saturated rings. The Bertz CT molecular complexity index is 796. The number of amides is 2. The highest BCUT2D eigenvalue weighted by atomic mass is 79.9. The van der Waals surface area contributed by atoms with E-state index in [0.29, 0.717) is 5.69 Å². The second-order valence-electron chi connectivity index (χ2n) is 5.50. The van der Waals surface area contributed by atoms with Gasteiger partial charge in [-0.25, -0.2) is 8.78 Å². The van der Waals surface area contributed by atoms with Crippen molar-refractivity contribution < 1.29 is 18.4 Å². The van der Waals surface area contributed by atoms with Crippen molar-refractivity contribution in [2.75, 3.05) is 16.8 Å². The van der Waals surface area contributed by atoms with E-state index in [1.54, 1.807) is 24.3 Å². The van der Waals surface area contributed by atoms with Gasteiger partial charge in [0.1, 0.15) is 11.6 Å². The average Bonchev–Trinajstić information content (AvgIpc) is 2.91. The van der Waals surface area contributed by atoms with E-state index in [1.807, 2.05) is 0 Å². The lowest BCUT2D eigenvalue weighted by Crippen LogP contribution is -2.28. The van der Waals surface area contributed by atoms with Crippen LogP contribution in [0.1, 0.15) is 6.42 Å². The van der Waals surface area contributed by atoms with Crippen LogP contribution in [-0.2, 0) is 9.59 Å². The molecule has 1 heterocycles. The highest BCUT2D eigenvalue weighted by Crippen LogP contribution is 2.28. The van der Waals surface area contributed by atoms with Crippen LogP contribution < -0.4 is 10.2 Å². The first-order chi connectivity index (χ1) is 11.4. The molecule has 1 aliphatic heterocycles. The van der Waals surface area contributed by atoms with Gasteiger partial charge in [0.25, 0.3) is 0 Å². The molecule has 0 spiro atoms. The molecule has 0 saturated carbocycles. The molecule has 7 heteroatoms. The number of nitrogens with zero attached hydrogens (tertiary/aromatic N) is 1. The third-order valence-corrected chi connectivity index (χ3v) is 4.34. The quantitative estimate of drug-likeness (QED) is 0.862. The molecule has 2 amide bonds.